The Morgan fingerprint density at radius 3 is 2.67 bits per heavy atom. The standard InChI is InChI=1S/C15H14N2O4/c1-10-6-7-12(15(18)19)13(8-10)16-9-11-4-2-3-5-14(11)17(20)21/h2-8,16H,9H2,1H3,(H,18,19). The van der Waals surface area contributed by atoms with E-state index in [2.05, 4.69) is 5.32 Å². The molecule has 2 N–H and O–H groups in total. The van der Waals surface area contributed by atoms with E-state index in [4.69, 9.17) is 5.11 Å². The summed E-state index contributed by atoms with van der Waals surface area (Å²) in [5.74, 6) is -1.04. The second-order valence-corrected chi connectivity index (χ2v) is 4.59. The maximum absolute atomic E-state index is 11.2. The van der Waals surface area contributed by atoms with Crippen LogP contribution in [-0.4, -0.2) is 16.0 Å². The van der Waals surface area contributed by atoms with Gasteiger partial charge in [0.05, 0.1) is 10.5 Å². The largest absolute Gasteiger partial charge is 0.478 e. The predicted molar refractivity (Wildman–Crippen MR) is 78.6 cm³/mol. The van der Waals surface area contributed by atoms with E-state index < -0.39 is 10.9 Å². The van der Waals surface area contributed by atoms with Crippen molar-refractivity contribution in [3.05, 3.63) is 69.3 Å². The van der Waals surface area contributed by atoms with E-state index in [0.717, 1.165) is 5.56 Å². The number of rotatable bonds is 5. The number of nitro benzene ring substituents is 1. The van der Waals surface area contributed by atoms with Gasteiger partial charge in [-0.3, -0.25) is 10.1 Å². The van der Waals surface area contributed by atoms with E-state index in [9.17, 15) is 14.9 Å². The monoisotopic (exact) mass is 286 g/mol. The van der Waals surface area contributed by atoms with Crippen LogP contribution in [0.1, 0.15) is 21.5 Å². The van der Waals surface area contributed by atoms with Crippen LogP contribution in [0.4, 0.5) is 11.4 Å². The number of para-hydroxylation sites is 1. The molecule has 0 aliphatic heterocycles. The average molecular weight is 286 g/mol. The van der Waals surface area contributed by atoms with Gasteiger partial charge in [-0.15, -0.1) is 0 Å². The van der Waals surface area contributed by atoms with E-state index in [-0.39, 0.29) is 17.8 Å². The van der Waals surface area contributed by atoms with E-state index in [0.29, 0.717) is 11.3 Å². The lowest BCUT2D eigenvalue weighted by molar-refractivity contribution is -0.385. The number of anilines is 1. The summed E-state index contributed by atoms with van der Waals surface area (Å²) < 4.78 is 0. The van der Waals surface area contributed by atoms with Gasteiger partial charge in [0.15, 0.2) is 0 Å². The summed E-state index contributed by atoms with van der Waals surface area (Å²) in [5.41, 5.74) is 2.00. The Morgan fingerprint density at radius 2 is 2.00 bits per heavy atom. The van der Waals surface area contributed by atoms with Gasteiger partial charge in [0.2, 0.25) is 0 Å². The highest BCUT2D eigenvalue weighted by atomic mass is 16.6. The molecule has 0 saturated heterocycles. The summed E-state index contributed by atoms with van der Waals surface area (Å²) in [6.45, 7) is 2.03. The van der Waals surface area contributed by atoms with Crippen LogP contribution in [0.15, 0.2) is 42.5 Å². The molecule has 0 atom stereocenters. The van der Waals surface area contributed by atoms with Crippen molar-refractivity contribution in [1.82, 2.24) is 0 Å². The maximum Gasteiger partial charge on any atom is 0.337 e. The normalized spacial score (nSPS) is 10.1. The number of carbonyl (C=O) groups is 1. The highest BCUT2D eigenvalue weighted by Gasteiger charge is 2.14. The predicted octanol–water partition coefficient (Wildman–Crippen LogP) is 3.21. The minimum atomic E-state index is -1.04. The molecule has 0 spiro atoms. The summed E-state index contributed by atoms with van der Waals surface area (Å²) in [5, 5.41) is 23.1. The topological polar surface area (TPSA) is 92.5 Å². The van der Waals surface area contributed by atoms with Crippen LogP contribution in [0.3, 0.4) is 0 Å². The molecule has 108 valence electrons. The van der Waals surface area contributed by atoms with Gasteiger partial charge in [0, 0.05) is 23.9 Å². The van der Waals surface area contributed by atoms with Gasteiger partial charge in [0.25, 0.3) is 5.69 Å². The van der Waals surface area contributed by atoms with Crippen LogP contribution in [0.2, 0.25) is 0 Å². The molecule has 0 heterocycles. The van der Waals surface area contributed by atoms with E-state index in [1.807, 2.05) is 6.92 Å². The number of hydrogen-bond donors (Lipinski definition) is 2. The third-order valence-corrected chi connectivity index (χ3v) is 3.06. The molecule has 0 aromatic heterocycles. The number of nitrogens with zero attached hydrogens (tertiary/aromatic N) is 1. The second kappa shape index (κ2) is 6.04. The van der Waals surface area contributed by atoms with E-state index in [1.165, 1.54) is 12.1 Å². The number of carboxylic acid groups (broad SMARTS) is 1. The number of carboxylic acids is 1. The summed E-state index contributed by atoms with van der Waals surface area (Å²) >= 11 is 0. The molecule has 6 nitrogen and oxygen atoms in total. The van der Waals surface area contributed by atoms with E-state index >= 15 is 0 Å². The molecule has 0 radical (unpaired) electrons. The van der Waals surface area contributed by atoms with Crippen molar-refractivity contribution in [3.8, 4) is 0 Å². The van der Waals surface area contributed by atoms with Gasteiger partial charge in [0.1, 0.15) is 0 Å². The third-order valence-electron chi connectivity index (χ3n) is 3.06. The minimum absolute atomic E-state index is 0.00882. The van der Waals surface area contributed by atoms with Crippen LogP contribution in [0, 0.1) is 17.0 Å². The zero-order valence-corrected chi connectivity index (χ0v) is 11.4. The van der Waals surface area contributed by atoms with Gasteiger partial charge < -0.3 is 10.4 Å². The quantitative estimate of drug-likeness (QED) is 0.650. The second-order valence-electron chi connectivity index (χ2n) is 4.59. The molecule has 0 saturated carbocycles. The molecule has 6 heteroatoms. The molecule has 2 aromatic carbocycles. The Balaban J connectivity index is 2.27. The molecule has 0 amide bonds. The van der Waals surface area contributed by atoms with Gasteiger partial charge in [-0.25, -0.2) is 4.79 Å². The van der Waals surface area contributed by atoms with Crippen molar-refractivity contribution in [2.75, 3.05) is 5.32 Å². The minimum Gasteiger partial charge on any atom is -0.478 e. The molecule has 0 aliphatic rings. The summed E-state index contributed by atoms with van der Waals surface area (Å²) in [6.07, 6.45) is 0. The van der Waals surface area contributed by atoms with E-state index in [1.54, 1.807) is 30.3 Å². The first-order chi connectivity index (χ1) is 9.99. The lowest BCUT2D eigenvalue weighted by Gasteiger charge is -2.11. The molecule has 0 unspecified atom stereocenters. The lowest BCUT2D eigenvalue weighted by Crippen LogP contribution is -2.08. The number of nitro groups is 1. The highest BCUT2D eigenvalue weighted by Crippen LogP contribution is 2.22. The Hall–Kier alpha value is -2.89. The zero-order valence-electron chi connectivity index (χ0n) is 11.4. The molecule has 0 fully saturated rings. The number of hydrogen-bond acceptors (Lipinski definition) is 4. The molecule has 21 heavy (non-hydrogen) atoms. The molecule has 2 aromatic rings. The Labute approximate surface area is 121 Å². The van der Waals surface area contributed by atoms with Crippen molar-refractivity contribution >= 4 is 17.3 Å². The van der Waals surface area contributed by atoms with Gasteiger partial charge in [-0.05, 0) is 24.6 Å². The molecular formula is C15H14N2O4. The van der Waals surface area contributed by atoms with Crippen LogP contribution >= 0.6 is 0 Å². The summed E-state index contributed by atoms with van der Waals surface area (Å²) in [6, 6.07) is 11.3. The molecular weight excluding hydrogens is 272 g/mol. The van der Waals surface area contributed by atoms with Crippen molar-refractivity contribution in [1.29, 1.82) is 0 Å². The molecule has 0 aliphatic carbocycles. The molecule has 0 bridgehead atoms. The highest BCUT2D eigenvalue weighted by molar-refractivity contribution is 5.94. The zero-order chi connectivity index (χ0) is 15.4. The number of aryl methyl sites for hydroxylation is 1. The maximum atomic E-state index is 11.2. The van der Waals surface area contributed by atoms with Crippen LogP contribution in [0.5, 0.6) is 0 Å². The third kappa shape index (κ3) is 3.36. The van der Waals surface area contributed by atoms with Crippen molar-refractivity contribution in [2.24, 2.45) is 0 Å². The average Bonchev–Trinajstić information content (AvgIpc) is 2.45. The first-order valence-electron chi connectivity index (χ1n) is 6.29. The fourth-order valence-electron chi connectivity index (χ4n) is 2.02. The Kier molecular flexibility index (Phi) is 4.18. The van der Waals surface area contributed by atoms with Gasteiger partial charge in [-0.2, -0.15) is 0 Å². The van der Waals surface area contributed by atoms with Crippen LogP contribution < -0.4 is 5.32 Å². The number of aromatic carboxylic acids is 1. The summed E-state index contributed by atoms with van der Waals surface area (Å²) in [7, 11) is 0. The lowest BCUT2D eigenvalue weighted by atomic mass is 10.1. The fourth-order valence-corrected chi connectivity index (χ4v) is 2.02. The number of benzene rings is 2. The van der Waals surface area contributed by atoms with Gasteiger partial charge >= 0.3 is 5.97 Å². The van der Waals surface area contributed by atoms with Crippen molar-refractivity contribution in [2.45, 2.75) is 13.5 Å². The first-order valence-corrected chi connectivity index (χ1v) is 6.29. The SMILES string of the molecule is Cc1ccc(C(=O)O)c(NCc2ccccc2[N+](=O)[O-])c1. The number of nitrogens with one attached hydrogen (secondary N) is 1. The Morgan fingerprint density at radius 1 is 1.29 bits per heavy atom. The Bertz CT molecular complexity index is 698. The van der Waals surface area contributed by atoms with Crippen LogP contribution in [-0.2, 0) is 6.54 Å². The fraction of sp³-hybridized carbons (Fsp3) is 0.133. The molecule has 2 rings (SSSR count). The van der Waals surface area contributed by atoms with Crippen molar-refractivity contribution in [3.63, 3.8) is 0 Å². The first kappa shape index (κ1) is 14.5. The summed E-state index contributed by atoms with van der Waals surface area (Å²) in [4.78, 5) is 21.7. The van der Waals surface area contributed by atoms with Crippen LogP contribution in [0.25, 0.3) is 0 Å². The van der Waals surface area contributed by atoms with Gasteiger partial charge in [-0.1, -0.05) is 24.3 Å². The smallest absolute Gasteiger partial charge is 0.337 e. The van der Waals surface area contributed by atoms with Crippen molar-refractivity contribution < 1.29 is 14.8 Å².